The molecule has 4 saturated heterocycles. The number of hydrogen-bond donors (Lipinski definition) is 0. The van der Waals surface area contributed by atoms with Gasteiger partial charge in [0.15, 0.2) is 0 Å². The van der Waals surface area contributed by atoms with Crippen LogP contribution in [-0.2, 0) is 4.79 Å². The Labute approximate surface area is 187 Å². The van der Waals surface area contributed by atoms with Gasteiger partial charge in [0.1, 0.15) is 5.78 Å². The van der Waals surface area contributed by atoms with E-state index in [2.05, 4.69) is 40.9 Å². The Morgan fingerprint density at radius 3 is 2.00 bits per heavy atom. The molecule has 6 nitrogen and oxygen atoms in total. The number of piperidine rings is 1. The van der Waals surface area contributed by atoms with Gasteiger partial charge < -0.3 is 4.90 Å². The number of Topliss-reactive ketones (excluding diaryl/α,β-unsaturated/α-hetero) is 1. The summed E-state index contributed by atoms with van der Waals surface area (Å²) < 4.78 is 0. The lowest BCUT2D eigenvalue weighted by molar-refractivity contribution is -0.124. The molecule has 0 aromatic carbocycles. The fourth-order valence-corrected chi connectivity index (χ4v) is 6.53. The highest BCUT2D eigenvalue weighted by Crippen LogP contribution is 2.43. The SMILES string of the molecule is CC(C)C(=O)CN1C2CCC1CC(c1cnc(N3C4CCC3CN(C(C)C)C4)nc1)C2. The van der Waals surface area contributed by atoms with Gasteiger partial charge in [-0.25, -0.2) is 9.97 Å². The maximum atomic E-state index is 12.3. The van der Waals surface area contributed by atoms with Crippen molar-refractivity contribution < 1.29 is 4.79 Å². The quantitative estimate of drug-likeness (QED) is 0.696. The molecule has 0 radical (unpaired) electrons. The molecule has 170 valence electrons. The number of carbonyl (C=O) groups is 1. The highest BCUT2D eigenvalue weighted by Gasteiger charge is 2.43. The zero-order valence-corrected chi connectivity index (χ0v) is 19.7. The Bertz CT molecular complexity index is 766. The van der Waals surface area contributed by atoms with Gasteiger partial charge in [-0.1, -0.05) is 13.8 Å². The van der Waals surface area contributed by atoms with Crippen molar-refractivity contribution in [2.75, 3.05) is 24.5 Å². The first-order valence-electron chi connectivity index (χ1n) is 12.5. The molecule has 1 aromatic heterocycles. The van der Waals surface area contributed by atoms with E-state index in [9.17, 15) is 4.79 Å². The van der Waals surface area contributed by atoms with Crippen LogP contribution in [0.3, 0.4) is 0 Å². The molecule has 31 heavy (non-hydrogen) atoms. The van der Waals surface area contributed by atoms with Crippen molar-refractivity contribution in [3.05, 3.63) is 18.0 Å². The minimum atomic E-state index is 0.135. The molecule has 0 spiro atoms. The number of anilines is 1. The van der Waals surface area contributed by atoms with Crippen molar-refractivity contribution in [1.29, 1.82) is 0 Å². The summed E-state index contributed by atoms with van der Waals surface area (Å²) in [5.74, 6) is 1.99. The Morgan fingerprint density at radius 2 is 1.48 bits per heavy atom. The summed E-state index contributed by atoms with van der Waals surface area (Å²) in [6.45, 7) is 11.6. The molecule has 0 saturated carbocycles. The zero-order chi connectivity index (χ0) is 21.7. The molecule has 0 aliphatic carbocycles. The van der Waals surface area contributed by atoms with Gasteiger partial charge in [0.2, 0.25) is 5.95 Å². The summed E-state index contributed by atoms with van der Waals surface area (Å²) >= 11 is 0. The number of likely N-dealkylation sites (tertiary alicyclic amines) is 1. The van der Waals surface area contributed by atoms with Gasteiger partial charge in [-0.15, -0.1) is 0 Å². The van der Waals surface area contributed by atoms with Crippen LogP contribution in [0.1, 0.15) is 77.7 Å². The van der Waals surface area contributed by atoms with Crippen LogP contribution >= 0.6 is 0 Å². The highest BCUT2D eigenvalue weighted by molar-refractivity contribution is 5.82. The number of aromatic nitrogens is 2. The van der Waals surface area contributed by atoms with Crippen LogP contribution in [0.2, 0.25) is 0 Å². The molecule has 4 unspecified atom stereocenters. The highest BCUT2D eigenvalue weighted by atomic mass is 16.1. The summed E-state index contributed by atoms with van der Waals surface area (Å²) in [5.41, 5.74) is 1.30. The number of hydrogen-bond acceptors (Lipinski definition) is 6. The second kappa shape index (κ2) is 8.43. The molecule has 6 heteroatoms. The first-order valence-corrected chi connectivity index (χ1v) is 12.5. The molecule has 4 aliphatic heterocycles. The molecule has 4 fully saturated rings. The van der Waals surface area contributed by atoms with E-state index in [-0.39, 0.29) is 5.92 Å². The average molecular weight is 426 g/mol. The molecule has 5 heterocycles. The number of rotatable bonds is 6. The molecule has 1 aromatic rings. The van der Waals surface area contributed by atoms with Gasteiger partial charge in [0.05, 0.1) is 6.54 Å². The molecule has 0 N–H and O–H groups in total. The van der Waals surface area contributed by atoms with Crippen LogP contribution < -0.4 is 4.90 Å². The van der Waals surface area contributed by atoms with Crippen molar-refractivity contribution in [1.82, 2.24) is 19.8 Å². The summed E-state index contributed by atoms with van der Waals surface area (Å²) in [5, 5.41) is 0. The third-order valence-electron chi connectivity index (χ3n) is 8.47. The third-order valence-corrected chi connectivity index (χ3v) is 8.47. The Kier molecular flexibility index (Phi) is 5.80. The van der Waals surface area contributed by atoms with Crippen LogP contribution in [0.15, 0.2) is 12.4 Å². The van der Waals surface area contributed by atoms with E-state index in [4.69, 9.17) is 9.97 Å². The molecule has 4 atom stereocenters. The second-order valence-electron chi connectivity index (χ2n) is 11.0. The lowest BCUT2D eigenvalue weighted by atomic mass is 9.86. The topological polar surface area (TPSA) is 52.6 Å². The van der Waals surface area contributed by atoms with Crippen molar-refractivity contribution in [2.45, 2.75) is 102 Å². The van der Waals surface area contributed by atoms with Crippen molar-refractivity contribution in [3.63, 3.8) is 0 Å². The average Bonchev–Trinajstić information content (AvgIpc) is 3.13. The number of piperazine rings is 1. The van der Waals surface area contributed by atoms with E-state index in [1.807, 2.05) is 13.8 Å². The van der Waals surface area contributed by atoms with Gasteiger partial charge in [0.25, 0.3) is 0 Å². The van der Waals surface area contributed by atoms with E-state index >= 15 is 0 Å². The number of nitrogens with zero attached hydrogens (tertiary/aromatic N) is 5. The minimum Gasteiger partial charge on any atom is -0.332 e. The number of ketones is 1. The number of carbonyl (C=O) groups excluding carboxylic acids is 1. The van der Waals surface area contributed by atoms with E-state index in [1.54, 1.807) is 0 Å². The molecule has 5 rings (SSSR count). The predicted molar refractivity (Wildman–Crippen MR) is 123 cm³/mol. The third kappa shape index (κ3) is 4.02. The molecule has 0 amide bonds. The van der Waals surface area contributed by atoms with Crippen LogP contribution in [0.5, 0.6) is 0 Å². The van der Waals surface area contributed by atoms with Crippen molar-refractivity contribution in [2.24, 2.45) is 5.92 Å². The minimum absolute atomic E-state index is 0.135. The Balaban J connectivity index is 1.24. The van der Waals surface area contributed by atoms with Crippen molar-refractivity contribution >= 4 is 11.7 Å². The fraction of sp³-hybridized carbons (Fsp3) is 0.800. The Hall–Kier alpha value is -1.53. The van der Waals surface area contributed by atoms with Crippen molar-refractivity contribution in [3.8, 4) is 0 Å². The van der Waals surface area contributed by atoms with E-state index in [0.29, 0.717) is 48.5 Å². The van der Waals surface area contributed by atoms with Gasteiger partial charge in [0, 0.05) is 61.6 Å². The summed E-state index contributed by atoms with van der Waals surface area (Å²) in [4.78, 5) is 29.7. The van der Waals surface area contributed by atoms with Crippen LogP contribution in [0, 0.1) is 5.92 Å². The van der Waals surface area contributed by atoms with Gasteiger partial charge in [-0.3, -0.25) is 14.6 Å². The van der Waals surface area contributed by atoms with E-state index < -0.39 is 0 Å². The molecule has 4 aliphatic rings. The predicted octanol–water partition coefficient (Wildman–Crippen LogP) is 3.47. The molecular weight excluding hydrogens is 386 g/mol. The fourth-order valence-electron chi connectivity index (χ4n) is 6.53. The normalized spacial score (nSPS) is 33.6. The first kappa shape index (κ1) is 21.3. The zero-order valence-electron chi connectivity index (χ0n) is 19.7. The van der Waals surface area contributed by atoms with E-state index in [1.165, 1.54) is 31.2 Å². The maximum Gasteiger partial charge on any atom is 0.225 e. The summed E-state index contributed by atoms with van der Waals surface area (Å²) in [7, 11) is 0. The number of fused-ring (bicyclic) bond motifs is 4. The lowest BCUT2D eigenvalue weighted by Crippen LogP contribution is -2.56. The lowest BCUT2D eigenvalue weighted by Gasteiger charge is -2.43. The van der Waals surface area contributed by atoms with Gasteiger partial charge in [-0.05, 0) is 63.9 Å². The largest absolute Gasteiger partial charge is 0.332 e. The van der Waals surface area contributed by atoms with Gasteiger partial charge >= 0.3 is 0 Å². The van der Waals surface area contributed by atoms with Crippen LogP contribution in [0.4, 0.5) is 5.95 Å². The monoisotopic (exact) mass is 425 g/mol. The first-order chi connectivity index (χ1) is 14.9. The second-order valence-corrected chi connectivity index (χ2v) is 11.0. The summed E-state index contributed by atoms with van der Waals surface area (Å²) in [6, 6.07) is 2.83. The molecular formula is C25H39N5O. The maximum absolute atomic E-state index is 12.3. The smallest absolute Gasteiger partial charge is 0.225 e. The van der Waals surface area contributed by atoms with Crippen LogP contribution in [-0.4, -0.2) is 75.4 Å². The van der Waals surface area contributed by atoms with E-state index in [0.717, 1.165) is 31.9 Å². The molecule has 4 bridgehead atoms. The summed E-state index contributed by atoms with van der Waals surface area (Å²) in [6.07, 6.45) is 11.5. The van der Waals surface area contributed by atoms with Gasteiger partial charge in [-0.2, -0.15) is 0 Å². The standard InChI is InChI=1S/C25H39N5O/c1-16(2)24(31)15-29-20-5-6-21(29)10-18(9-20)19-11-26-25(27-12-19)30-22-7-8-23(30)14-28(13-22)17(3)4/h11-12,16-18,20-23H,5-10,13-15H2,1-4H3. The Morgan fingerprint density at radius 1 is 0.935 bits per heavy atom. The van der Waals surface area contributed by atoms with Crippen LogP contribution in [0.25, 0.3) is 0 Å².